The summed E-state index contributed by atoms with van der Waals surface area (Å²) in [6.45, 7) is 4.24. The number of carbonyl (C=O) groups excluding carboxylic acids is 1. The molecule has 0 bridgehead atoms. The summed E-state index contributed by atoms with van der Waals surface area (Å²) in [4.78, 5) is 36.0. The average molecular weight is 423 g/mol. The number of benzene rings is 2. The molecule has 1 aromatic heterocycles. The molecule has 3 aromatic rings. The van der Waals surface area contributed by atoms with E-state index in [1.165, 1.54) is 12.7 Å². The number of hydrogen-bond donors (Lipinski definition) is 2. The van der Waals surface area contributed by atoms with Gasteiger partial charge >= 0.3 is 0 Å². The fourth-order valence-electron chi connectivity index (χ4n) is 4.05. The Morgan fingerprint density at radius 2 is 1.94 bits per heavy atom. The number of ether oxygens (including phenoxy) is 2. The molecule has 1 aliphatic rings. The number of methoxy groups -OCH3 is 2. The van der Waals surface area contributed by atoms with Gasteiger partial charge in [0.25, 0.3) is 11.5 Å². The number of aromatic nitrogens is 2. The summed E-state index contributed by atoms with van der Waals surface area (Å²) >= 11 is 0. The van der Waals surface area contributed by atoms with Gasteiger partial charge in [-0.05, 0) is 31.0 Å². The summed E-state index contributed by atoms with van der Waals surface area (Å²) in [6.07, 6.45) is 0.883. The molecule has 0 spiro atoms. The second-order valence-corrected chi connectivity index (χ2v) is 7.62. The van der Waals surface area contributed by atoms with Crippen LogP contribution in [0.2, 0.25) is 0 Å². The number of anilines is 1. The Morgan fingerprint density at radius 1 is 1.19 bits per heavy atom. The highest BCUT2D eigenvalue weighted by Gasteiger charge is 2.27. The number of carbonyl (C=O) groups is 1. The van der Waals surface area contributed by atoms with E-state index >= 15 is 0 Å². The molecule has 0 radical (unpaired) electrons. The van der Waals surface area contributed by atoms with E-state index in [0.29, 0.717) is 47.9 Å². The van der Waals surface area contributed by atoms with Crippen molar-refractivity contribution in [3.05, 3.63) is 58.1 Å². The normalized spacial score (nSPS) is 13.8. The van der Waals surface area contributed by atoms with E-state index in [1.54, 1.807) is 19.2 Å². The predicted octanol–water partition coefficient (Wildman–Crippen LogP) is 0.934. The number of amides is 1. The Kier molecular flexibility index (Phi) is 5.90. The van der Waals surface area contributed by atoms with Crippen molar-refractivity contribution in [2.45, 2.75) is 19.9 Å². The predicted molar refractivity (Wildman–Crippen MR) is 118 cm³/mol. The number of rotatable bonds is 7. The van der Waals surface area contributed by atoms with Crippen molar-refractivity contribution in [2.75, 3.05) is 38.8 Å². The topological polar surface area (TPSA) is 89.0 Å². The molecule has 0 saturated heterocycles. The lowest BCUT2D eigenvalue weighted by atomic mass is 10.2. The number of nitrogens with zero attached hydrogens (tertiary/aromatic N) is 2. The SMILES string of the molecule is CC[NH+](CC(=O)N1CCc2ccccc21)Cc1nc2cc(OC)c(OC)cc2c(=O)[nH]1. The van der Waals surface area contributed by atoms with Gasteiger partial charge in [-0.3, -0.25) is 9.59 Å². The molecule has 2 heterocycles. The summed E-state index contributed by atoms with van der Waals surface area (Å²) in [7, 11) is 3.07. The second-order valence-electron chi connectivity index (χ2n) is 7.62. The van der Waals surface area contributed by atoms with Crippen LogP contribution < -0.4 is 24.8 Å². The number of hydrogen-bond acceptors (Lipinski definition) is 5. The third-order valence-corrected chi connectivity index (χ3v) is 5.77. The molecule has 31 heavy (non-hydrogen) atoms. The zero-order valence-electron chi connectivity index (χ0n) is 18.0. The number of quaternary nitrogens is 1. The minimum absolute atomic E-state index is 0.0799. The Bertz CT molecular complexity index is 1170. The van der Waals surface area contributed by atoms with E-state index in [-0.39, 0.29) is 11.5 Å². The Hall–Kier alpha value is -3.39. The molecule has 0 saturated carbocycles. The summed E-state index contributed by atoms with van der Waals surface area (Å²) in [6, 6.07) is 11.4. The lowest BCUT2D eigenvalue weighted by Gasteiger charge is -2.22. The monoisotopic (exact) mass is 423 g/mol. The molecule has 2 aromatic carbocycles. The lowest BCUT2D eigenvalue weighted by molar-refractivity contribution is -0.904. The van der Waals surface area contributed by atoms with Crippen LogP contribution in [0.1, 0.15) is 18.3 Å². The zero-order chi connectivity index (χ0) is 22.0. The smallest absolute Gasteiger partial charge is 0.282 e. The van der Waals surface area contributed by atoms with Crippen LogP contribution in [0, 0.1) is 0 Å². The van der Waals surface area contributed by atoms with Gasteiger partial charge in [0.15, 0.2) is 23.9 Å². The van der Waals surface area contributed by atoms with Gasteiger partial charge in [0, 0.05) is 18.3 Å². The molecular formula is C23H27N4O4+. The first kappa shape index (κ1) is 20.9. The maximum absolute atomic E-state index is 13.0. The van der Waals surface area contributed by atoms with Gasteiger partial charge in [0.1, 0.15) is 6.54 Å². The molecule has 1 unspecified atom stereocenters. The first-order valence-corrected chi connectivity index (χ1v) is 10.4. The molecule has 8 nitrogen and oxygen atoms in total. The molecule has 2 N–H and O–H groups in total. The van der Waals surface area contributed by atoms with Crippen molar-refractivity contribution >= 4 is 22.5 Å². The van der Waals surface area contributed by atoms with Crippen molar-refractivity contribution in [1.29, 1.82) is 0 Å². The zero-order valence-corrected chi connectivity index (χ0v) is 18.0. The number of para-hydroxylation sites is 1. The molecule has 8 heteroatoms. The minimum atomic E-state index is -0.240. The maximum Gasteiger partial charge on any atom is 0.282 e. The fraction of sp³-hybridized carbons (Fsp3) is 0.348. The van der Waals surface area contributed by atoms with E-state index in [1.807, 2.05) is 30.0 Å². The van der Waals surface area contributed by atoms with Gasteiger partial charge in [-0.25, -0.2) is 4.98 Å². The van der Waals surface area contributed by atoms with Crippen LogP contribution in [-0.4, -0.2) is 49.7 Å². The molecular weight excluding hydrogens is 396 g/mol. The standard InChI is InChI=1S/C23H26N4O4/c1-4-26(14-22(28)27-10-9-15-7-5-6-8-18(15)27)13-21-24-17-12-20(31-3)19(30-2)11-16(17)23(29)25-21/h5-8,11-12H,4,9-10,13-14H2,1-3H3,(H,24,25,29)/p+1. The number of likely N-dealkylation sites (N-methyl/N-ethyl adjacent to an activating group) is 1. The van der Waals surface area contributed by atoms with Crippen LogP contribution in [0.25, 0.3) is 10.9 Å². The quantitative estimate of drug-likeness (QED) is 0.590. The van der Waals surface area contributed by atoms with Gasteiger partial charge in [-0.15, -0.1) is 0 Å². The highest BCUT2D eigenvalue weighted by atomic mass is 16.5. The molecule has 4 rings (SSSR count). The van der Waals surface area contributed by atoms with Crippen LogP contribution in [0.4, 0.5) is 5.69 Å². The second kappa shape index (κ2) is 8.77. The largest absolute Gasteiger partial charge is 0.493 e. The third kappa shape index (κ3) is 4.11. The highest BCUT2D eigenvalue weighted by molar-refractivity contribution is 5.96. The van der Waals surface area contributed by atoms with Gasteiger partial charge in [-0.2, -0.15) is 0 Å². The van der Waals surface area contributed by atoms with Crippen molar-refractivity contribution in [3.8, 4) is 11.5 Å². The van der Waals surface area contributed by atoms with E-state index in [4.69, 9.17) is 9.47 Å². The highest BCUT2D eigenvalue weighted by Crippen LogP contribution is 2.30. The van der Waals surface area contributed by atoms with Crippen LogP contribution in [-0.2, 0) is 17.8 Å². The van der Waals surface area contributed by atoms with Crippen molar-refractivity contribution in [3.63, 3.8) is 0 Å². The van der Waals surface area contributed by atoms with Crippen LogP contribution >= 0.6 is 0 Å². The van der Waals surface area contributed by atoms with Crippen LogP contribution in [0.15, 0.2) is 41.2 Å². The Balaban J connectivity index is 1.54. The van der Waals surface area contributed by atoms with Crippen LogP contribution in [0.3, 0.4) is 0 Å². The Labute approximate surface area is 180 Å². The van der Waals surface area contributed by atoms with Crippen molar-refractivity contribution in [1.82, 2.24) is 9.97 Å². The van der Waals surface area contributed by atoms with Crippen molar-refractivity contribution in [2.24, 2.45) is 0 Å². The molecule has 1 atom stereocenters. The average Bonchev–Trinajstić information content (AvgIpc) is 3.22. The molecule has 1 amide bonds. The molecule has 0 fully saturated rings. The molecule has 1 aliphatic heterocycles. The van der Waals surface area contributed by atoms with Gasteiger partial charge < -0.3 is 24.3 Å². The van der Waals surface area contributed by atoms with Crippen molar-refractivity contribution < 1.29 is 19.2 Å². The number of nitrogens with one attached hydrogen (secondary N) is 2. The third-order valence-electron chi connectivity index (χ3n) is 5.77. The first-order chi connectivity index (χ1) is 15.0. The van der Waals surface area contributed by atoms with Gasteiger partial charge in [-0.1, -0.05) is 18.2 Å². The summed E-state index contributed by atoms with van der Waals surface area (Å²) in [5.41, 5.74) is 2.50. The van der Waals surface area contributed by atoms with E-state index in [0.717, 1.165) is 23.6 Å². The maximum atomic E-state index is 13.0. The molecule has 0 aliphatic carbocycles. The summed E-state index contributed by atoms with van der Waals surface area (Å²) < 4.78 is 10.6. The summed E-state index contributed by atoms with van der Waals surface area (Å²) in [5, 5.41) is 0.434. The van der Waals surface area contributed by atoms with Gasteiger partial charge in [0.2, 0.25) is 0 Å². The van der Waals surface area contributed by atoms with E-state index < -0.39 is 0 Å². The molecule has 162 valence electrons. The number of H-pyrrole nitrogens is 1. The Morgan fingerprint density at radius 3 is 2.68 bits per heavy atom. The fourth-order valence-corrected chi connectivity index (χ4v) is 4.05. The van der Waals surface area contributed by atoms with Crippen LogP contribution in [0.5, 0.6) is 11.5 Å². The number of fused-ring (bicyclic) bond motifs is 2. The van der Waals surface area contributed by atoms with E-state index in [2.05, 4.69) is 16.0 Å². The minimum Gasteiger partial charge on any atom is -0.493 e. The summed E-state index contributed by atoms with van der Waals surface area (Å²) in [5.74, 6) is 1.61. The van der Waals surface area contributed by atoms with E-state index in [9.17, 15) is 9.59 Å². The lowest BCUT2D eigenvalue weighted by Crippen LogP contribution is -3.11. The first-order valence-electron chi connectivity index (χ1n) is 10.4. The number of aromatic amines is 1. The van der Waals surface area contributed by atoms with Gasteiger partial charge in [0.05, 0.1) is 31.7 Å².